The molecule has 76 valence electrons. The maximum atomic E-state index is 5.90. The van der Waals surface area contributed by atoms with Gasteiger partial charge in [0.05, 0.1) is 12.7 Å². The molecule has 1 aliphatic rings. The van der Waals surface area contributed by atoms with Gasteiger partial charge >= 0.3 is 0 Å². The van der Waals surface area contributed by atoms with Crippen LogP contribution in [-0.4, -0.2) is 12.6 Å². The Morgan fingerprint density at radius 2 is 2.00 bits per heavy atom. The highest BCUT2D eigenvalue weighted by molar-refractivity contribution is 5.34. The van der Waals surface area contributed by atoms with Crippen molar-refractivity contribution >= 4 is 0 Å². The molecule has 0 saturated heterocycles. The zero-order valence-corrected chi connectivity index (χ0v) is 8.73. The molecule has 1 aliphatic heterocycles. The van der Waals surface area contributed by atoms with Crippen LogP contribution in [0.4, 0.5) is 0 Å². The molecule has 0 fully saturated rings. The molecule has 0 amide bonds. The van der Waals surface area contributed by atoms with Gasteiger partial charge in [-0.1, -0.05) is 31.2 Å². The van der Waals surface area contributed by atoms with Crippen molar-refractivity contribution in [2.24, 2.45) is 5.73 Å². The van der Waals surface area contributed by atoms with Crippen LogP contribution in [0.15, 0.2) is 24.3 Å². The van der Waals surface area contributed by atoms with Crippen LogP contribution in [0.3, 0.4) is 0 Å². The van der Waals surface area contributed by atoms with E-state index in [0.29, 0.717) is 5.92 Å². The van der Waals surface area contributed by atoms with Crippen LogP contribution in [0.25, 0.3) is 0 Å². The van der Waals surface area contributed by atoms with Gasteiger partial charge in [0.25, 0.3) is 0 Å². The summed E-state index contributed by atoms with van der Waals surface area (Å²) in [4.78, 5) is 0. The minimum absolute atomic E-state index is 0.0589. The molecule has 2 nitrogen and oxygen atoms in total. The Labute approximate surface area is 85.1 Å². The van der Waals surface area contributed by atoms with Gasteiger partial charge in [0.2, 0.25) is 0 Å². The fourth-order valence-electron chi connectivity index (χ4n) is 2.08. The van der Waals surface area contributed by atoms with Crippen molar-refractivity contribution in [3.05, 3.63) is 35.4 Å². The van der Waals surface area contributed by atoms with Gasteiger partial charge in [-0.25, -0.2) is 0 Å². The average Bonchev–Trinajstić information content (AvgIpc) is 2.18. The van der Waals surface area contributed by atoms with Crippen molar-refractivity contribution in [2.75, 3.05) is 6.61 Å². The second-order valence-corrected chi connectivity index (χ2v) is 4.14. The lowest BCUT2D eigenvalue weighted by Crippen LogP contribution is -2.32. The minimum Gasteiger partial charge on any atom is -0.371 e. The Balaban J connectivity index is 2.41. The largest absolute Gasteiger partial charge is 0.371 e. The molecule has 14 heavy (non-hydrogen) atoms. The standard InChI is InChI=1S/C12H17NO/c1-8-7-14-12(9(2)13)11-6-4-3-5-10(8)11/h3-6,8-9,12H,7,13H2,1-2H3/t8-,9?,12-/m1/s1. The Bertz CT molecular complexity index is 322. The van der Waals surface area contributed by atoms with Crippen LogP contribution < -0.4 is 5.73 Å². The highest BCUT2D eigenvalue weighted by Crippen LogP contribution is 2.34. The summed E-state index contributed by atoms with van der Waals surface area (Å²) in [7, 11) is 0. The summed E-state index contributed by atoms with van der Waals surface area (Å²) in [5, 5.41) is 0. The van der Waals surface area contributed by atoms with Crippen LogP contribution in [0.5, 0.6) is 0 Å². The van der Waals surface area contributed by atoms with Gasteiger partial charge in [-0.15, -0.1) is 0 Å². The predicted molar refractivity (Wildman–Crippen MR) is 57.2 cm³/mol. The van der Waals surface area contributed by atoms with E-state index < -0.39 is 0 Å². The van der Waals surface area contributed by atoms with Crippen LogP contribution in [0.1, 0.15) is 37.0 Å². The Morgan fingerprint density at radius 1 is 1.36 bits per heavy atom. The SMILES string of the molecule is CC(N)[C@H]1OC[C@@H](C)c2ccccc21. The molecule has 0 saturated carbocycles. The molecule has 1 heterocycles. The Morgan fingerprint density at radius 3 is 2.64 bits per heavy atom. The first-order valence-electron chi connectivity index (χ1n) is 5.16. The first kappa shape index (κ1) is 9.69. The molecule has 0 radical (unpaired) electrons. The van der Waals surface area contributed by atoms with Crippen molar-refractivity contribution in [3.63, 3.8) is 0 Å². The van der Waals surface area contributed by atoms with Gasteiger partial charge in [-0.3, -0.25) is 0 Å². The lowest BCUT2D eigenvalue weighted by atomic mass is 9.88. The first-order chi connectivity index (χ1) is 6.70. The second kappa shape index (κ2) is 3.71. The van der Waals surface area contributed by atoms with Crippen molar-refractivity contribution in [2.45, 2.75) is 31.9 Å². The molecular formula is C12H17NO. The summed E-state index contributed by atoms with van der Waals surface area (Å²) < 4.78 is 5.75. The van der Waals surface area contributed by atoms with Gasteiger partial charge in [-0.2, -0.15) is 0 Å². The number of hydrogen-bond acceptors (Lipinski definition) is 2. The zero-order chi connectivity index (χ0) is 10.1. The van der Waals surface area contributed by atoms with Gasteiger partial charge in [-0.05, 0) is 18.1 Å². The summed E-state index contributed by atoms with van der Waals surface area (Å²) in [6.45, 7) is 4.97. The molecule has 2 heteroatoms. The van der Waals surface area contributed by atoms with Gasteiger partial charge in [0.1, 0.15) is 0 Å². The molecule has 0 aromatic heterocycles. The topological polar surface area (TPSA) is 35.2 Å². The van der Waals surface area contributed by atoms with Crippen LogP contribution in [-0.2, 0) is 4.74 Å². The van der Waals surface area contributed by atoms with E-state index in [1.54, 1.807) is 0 Å². The third-order valence-corrected chi connectivity index (χ3v) is 2.84. The summed E-state index contributed by atoms with van der Waals surface area (Å²) in [5.74, 6) is 0.487. The molecule has 1 unspecified atom stereocenters. The Hall–Kier alpha value is -0.860. The lowest BCUT2D eigenvalue weighted by Gasteiger charge is -2.32. The molecule has 0 bridgehead atoms. The van der Waals surface area contributed by atoms with E-state index in [-0.39, 0.29) is 12.1 Å². The van der Waals surface area contributed by atoms with Gasteiger partial charge in [0.15, 0.2) is 0 Å². The van der Waals surface area contributed by atoms with E-state index in [0.717, 1.165) is 6.61 Å². The van der Waals surface area contributed by atoms with Crippen molar-refractivity contribution in [1.82, 2.24) is 0 Å². The number of nitrogens with two attached hydrogens (primary N) is 1. The fourth-order valence-corrected chi connectivity index (χ4v) is 2.08. The van der Waals surface area contributed by atoms with E-state index in [2.05, 4.69) is 31.2 Å². The number of benzene rings is 1. The van der Waals surface area contributed by atoms with Crippen molar-refractivity contribution < 1.29 is 4.74 Å². The molecule has 1 aromatic rings. The number of fused-ring (bicyclic) bond motifs is 1. The maximum absolute atomic E-state index is 5.90. The molecule has 0 spiro atoms. The minimum atomic E-state index is 0.0589. The normalized spacial score (nSPS) is 28.2. The quantitative estimate of drug-likeness (QED) is 0.738. The molecular weight excluding hydrogens is 174 g/mol. The van der Waals surface area contributed by atoms with E-state index in [1.165, 1.54) is 11.1 Å². The van der Waals surface area contributed by atoms with E-state index in [9.17, 15) is 0 Å². The summed E-state index contributed by atoms with van der Waals surface area (Å²) >= 11 is 0. The van der Waals surface area contributed by atoms with Gasteiger partial charge in [0, 0.05) is 12.0 Å². The highest BCUT2D eigenvalue weighted by Gasteiger charge is 2.27. The third kappa shape index (κ3) is 1.56. The predicted octanol–water partition coefficient (Wildman–Crippen LogP) is 2.21. The summed E-state index contributed by atoms with van der Waals surface area (Å²) in [6.07, 6.45) is 0.0717. The number of ether oxygens (including phenoxy) is 1. The van der Waals surface area contributed by atoms with Gasteiger partial charge < -0.3 is 10.5 Å². The molecule has 1 aromatic carbocycles. The summed E-state index contributed by atoms with van der Waals surface area (Å²) in [5.41, 5.74) is 8.56. The fraction of sp³-hybridized carbons (Fsp3) is 0.500. The Kier molecular flexibility index (Phi) is 2.57. The molecule has 3 atom stereocenters. The maximum Gasteiger partial charge on any atom is 0.0976 e. The summed E-state index contributed by atoms with van der Waals surface area (Å²) in [6, 6.07) is 8.49. The number of rotatable bonds is 1. The molecule has 2 rings (SSSR count). The van der Waals surface area contributed by atoms with E-state index in [4.69, 9.17) is 10.5 Å². The zero-order valence-electron chi connectivity index (χ0n) is 8.73. The average molecular weight is 191 g/mol. The highest BCUT2D eigenvalue weighted by atomic mass is 16.5. The van der Waals surface area contributed by atoms with E-state index >= 15 is 0 Å². The van der Waals surface area contributed by atoms with Crippen LogP contribution in [0.2, 0.25) is 0 Å². The van der Waals surface area contributed by atoms with Crippen LogP contribution in [0, 0.1) is 0 Å². The monoisotopic (exact) mass is 191 g/mol. The van der Waals surface area contributed by atoms with Crippen molar-refractivity contribution in [3.8, 4) is 0 Å². The number of hydrogen-bond donors (Lipinski definition) is 1. The molecule has 2 N–H and O–H groups in total. The lowest BCUT2D eigenvalue weighted by molar-refractivity contribution is 0.0175. The third-order valence-electron chi connectivity index (χ3n) is 2.84. The van der Waals surface area contributed by atoms with Crippen LogP contribution >= 0.6 is 0 Å². The molecule has 0 aliphatic carbocycles. The van der Waals surface area contributed by atoms with E-state index in [1.807, 2.05) is 6.92 Å². The first-order valence-corrected chi connectivity index (χ1v) is 5.16. The smallest absolute Gasteiger partial charge is 0.0976 e. The van der Waals surface area contributed by atoms with Crippen molar-refractivity contribution in [1.29, 1.82) is 0 Å². The second-order valence-electron chi connectivity index (χ2n) is 4.14.